The number of carbonyl (C=O) groups is 2. The number of nitrogens with zero attached hydrogens (tertiary/aromatic N) is 5. The van der Waals surface area contributed by atoms with Gasteiger partial charge in [-0.15, -0.1) is 0 Å². The van der Waals surface area contributed by atoms with Crippen LogP contribution in [0.5, 0.6) is 0 Å². The highest BCUT2D eigenvalue weighted by atomic mass is 79.9. The third-order valence-corrected chi connectivity index (χ3v) is 6.17. The summed E-state index contributed by atoms with van der Waals surface area (Å²) in [6.45, 7) is 6.99. The molecule has 2 atom stereocenters. The molecule has 2 unspecified atom stereocenters. The van der Waals surface area contributed by atoms with E-state index < -0.39 is 12.2 Å². The minimum atomic E-state index is -0.565. The highest BCUT2D eigenvalue weighted by Crippen LogP contribution is 2.40. The topological polar surface area (TPSA) is 68.7 Å². The van der Waals surface area contributed by atoms with Gasteiger partial charge in [0.05, 0.1) is 13.2 Å². The van der Waals surface area contributed by atoms with Crippen molar-refractivity contribution in [2.45, 2.75) is 33.0 Å². The number of hydrogen-bond acceptors (Lipinski definition) is 6. The van der Waals surface area contributed by atoms with Crippen molar-refractivity contribution in [3.63, 3.8) is 0 Å². The molecule has 3 aliphatic heterocycles. The first-order chi connectivity index (χ1) is 13.9. The van der Waals surface area contributed by atoms with Crippen molar-refractivity contribution in [2.24, 2.45) is 4.99 Å². The number of aliphatic imine (C=N–C) groups is 1. The lowest BCUT2D eigenvalue weighted by Crippen LogP contribution is -2.65. The maximum absolute atomic E-state index is 13.3. The maximum atomic E-state index is 13.3. The number of likely N-dealkylation sites (N-methyl/N-ethyl adjacent to an activating group) is 1. The number of ether oxygens (including phenoxy) is 1. The van der Waals surface area contributed by atoms with E-state index in [0.29, 0.717) is 19.2 Å². The molecular weight excluding hydrogens is 438 g/mol. The number of rotatable bonds is 5. The molecule has 29 heavy (non-hydrogen) atoms. The molecular formula is C20H24BrN5O3. The van der Waals surface area contributed by atoms with Crippen LogP contribution in [-0.2, 0) is 9.53 Å². The van der Waals surface area contributed by atoms with Gasteiger partial charge in [0.2, 0.25) is 5.96 Å². The predicted molar refractivity (Wildman–Crippen MR) is 113 cm³/mol. The van der Waals surface area contributed by atoms with Crippen LogP contribution < -0.4 is 4.90 Å². The highest BCUT2D eigenvalue weighted by molar-refractivity contribution is 9.10. The molecule has 154 valence electrons. The lowest BCUT2D eigenvalue weighted by molar-refractivity contribution is -0.137. The van der Waals surface area contributed by atoms with Gasteiger partial charge in [-0.05, 0) is 45.0 Å². The number of hydrogen-bond donors (Lipinski definition) is 0. The van der Waals surface area contributed by atoms with Crippen molar-refractivity contribution in [1.29, 1.82) is 0 Å². The molecule has 0 N–H and O–H groups in total. The van der Waals surface area contributed by atoms with E-state index in [1.165, 1.54) is 4.90 Å². The van der Waals surface area contributed by atoms with Crippen molar-refractivity contribution in [1.82, 2.24) is 14.7 Å². The summed E-state index contributed by atoms with van der Waals surface area (Å²) in [5.74, 6) is 0.443. The number of benzene rings is 1. The molecule has 3 amide bonds. The first-order valence-corrected chi connectivity index (χ1v) is 10.4. The zero-order valence-corrected chi connectivity index (χ0v) is 18.5. The van der Waals surface area contributed by atoms with Gasteiger partial charge in [0.25, 0.3) is 5.91 Å². The van der Waals surface area contributed by atoms with Crippen LogP contribution in [0.15, 0.2) is 45.1 Å². The Labute approximate surface area is 178 Å². The number of halogens is 1. The third kappa shape index (κ3) is 3.03. The van der Waals surface area contributed by atoms with Gasteiger partial charge in [-0.2, -0.15) is 0 Å². The van der Waals surface area contributed by atoms with E-state index >= 15 is 0 Å². The number of fused-ring (bicyclic) bond motifs is 3. The standard InChI is InChI=1S/C20H24BrN5O3/c1-5-29-11-10-24-18(27)16-17(23(4)20(24)28)22-19-25(12(2)13(3)26(16)19)15-8-6-14(21)7-9-15/h6-9,16-17H,5,10-11H2,1-4H3. The van der Waals surface area contributed by atoms with E-state index in [1.807, 2.05) is 54.8 Å². The molecule has 3 aliphatic rings. The van der Waals surface area contributed by atoms with Gasteiger partial charge in [-0.1, -0.05) is 15.9 Å². The van der Waals surface area contributed by atoms with E-state index in [4.69, 9.17) is 9.73 Å². The van der Waals surface area contributed by atoms with Gasteiger partial charge < -0.3 is 9.64 Å². The van der Waals surface area contributed by atoms with Crippen molar-refractivity contribution >= 4 is 39.5 Å². The second kappa shape index (κ2) is 7.46. The Bertz CT molecular complexity index is 913. The first-order valence-electron chi connectivity index (χ1n) is 9.63. The Morgan fingerprint density at radius 2 is 1.83 bits per heavy atom. The molecule has 0 bridgehead atoms. The number of imide groups is 1. The summed E-state index contributed by atoms with van der Waals surface area (Å²) in [7, 11) is 1.70. The molecule has 1 fully saturated rings. The molecule has 0 saturated carbocycles. The van der Waals surface area contributed by atoms with E-state index in [1.54, 1.807) is 11.9 Å². The Hall–Kier alpha value is -2.39. The van der Waals surface area contributed by atoms with E-state index in [9.17, 15) is 9.59 Å². The molecule has 1 saturated heterocycles. The normalized spacial score (nSPS) is 23.8. The van der Waals surface area contributed by atoms with Crippen LogP contribution in [0.1, 0.15) is 20.8 Å². The summed E-state index contributed by atoms with van der Waals surface area (Å²) < 4.78 is 6.35. The van der Waals surface area contributed by atoms with Gasteiger partial charge >= 0.3 is 6.03 Å². The van der Waals surface area contributed by atoms with Gasteiger partial charge in [0, 0.05) is 35.2 Å². The Kier molecular flexibility index (Phi) is 5.12. The molecule has 9 heteroatoms. The lowest BCUT2D eigenvalue weighted by atomic mass is 10.1. The van der Waals surface area contributed by atoms with E-state index in [0.717, 1.165) is 21.6 Å². The molecule has 3 heterocycles. The second-order valence-electron chi connectivity index (χ2n) is 7.22. The lowest BCUT2D eigenvalue weighted by Gasteiger charge is -2.40. The molecule has 0 radical (unpaired) electrons. The summed E-state index contributed by atoms with van der Waals surface area (Å²) in [6, 6.07) is 7.04. The van der Waals surface area contributed by atoms with Crippen molar-refractivity contribution in [3.05, 3.63) is 40.1 Å². The second-order valence-corrected chi connectivity index (χ2v) is 8.14. The van der Waals surface area contributed by atoms with Crippen LogP contribution in [0.25, 0.3) is 0 Å². The zero-order chi connectivity index (χ0) is 20.9. The molecule has 4 rings (SSSR count). The van der Waals surface area contributed by atoms with Crippen molar-refractivity contribution < 1.29 is 14.3 Å². The summed E-state index contributed by atoms with van der Waals surface area (Å²) in [5.41, 5.74) is 2.93. The minimum absolute atomic E-state index is 0.235. The molecule has 8 nitrogen and oxygen atoms in total. The largest absolute Gasteiger partial charge is 0.380 e. The summed E-state index contributed by atoms with van der Waals surface area (Å²) >= 11 is 3.47. The minimum Gasteiger partial charge on any atom is -0.380 e. The number of amides is 3. The fourth-order valence-corrected chi connectivity index (χ4v) is 4.28. The van der Waals surface area contributed by atoms with E-state index in [2.05, 4.69) is 15.9 Å². The van der Waals surface area contributed by atoms with E-state index in [-0.39, 0.29) is 18.5 Å². The average molecular weight is 462 g/mol. The molecule has 1 aromatic carbocycles. The molecule has 0 aliphatic carbocycles. The summed E-state index contributed by atoms with van der Waals surface area (Å²) in [5, 5.41) is 0. The quantitative estimate of drug-likeness (QED) is 0.630. The van der Waals surface area contributed by atoms with Crippen LogP contribution >= 0.6 is 15.9 Å². The number of carbonyl (C=O) groups excluding carboxylic acids is 2. The number of anilines is 1. The van der Waals surface area contributed by atoms with Gasteiger partial charge in [-0.3, -0.25) is 19.5 Å². The molecule has 0 spiro atoms. The van der Waals surface area contributed by atoms with Crippen molar-refractivity contribution in [2.75, 3.05) is 31.7 Å². The van der Waals surface area contributed by atoms with Crippen molar-refractivity contribution in [3.8, 4) is 0 Å². The van der Waals surface area contributed by atoms with Gasteiger partial charge in [-0.25, -0.2) is 9.79 Å². The average Bonchev–Trinajstić information content (AvgIpc) is 3.20. The Balaban J connectivity index is 1.69. The fourth-order valence-electron chi connectivity index (χ4n) is 4.02. The fraction of sp³-hybridized carbons (Fsp3) is 0.450. The number of guanidine groups is 1. The predicted octanol–water partition coefficient (Wildman–Crippen LogP) is 2.82. The highest BCUT2D eigenvalue weighted by Gasteiger charge is 2.55. The zero-order valence-electron chi connectivity index (χ0n) is 16.9. The van der Waals surface area contributed by atoms with Gasteiger partial charge in [0.1, 0.15) is 0 Å². The molecule has 0 aromatic heterocycles. The third-order valence-electron chi connectivity index (χ3n) is 5.64. The van der Waals surface area contributed by atoms with Gasteiger partial charge in [0.15, 0.2) is 12.2 Å². The van der Waals surface area contributed by atoms with Crippen LogP contribution in [-0.4, -0.2) is 71.6 Å². The maximum Gasteiger partial charge on any atom is 0.328 e. The number of urea groups is 1. The Morgan fingerprint density at radius 1 is 1.14 bits per heavy atom. The van der Waals surface area contributed by atoms with Crippen LogP contribution in [0.3, 0.4) is 0 Å². The summed E-state index contributed by atoms with van der Waals surface area (Å²) in [4.78, 5) is 37.7. The van der Waals surface area contributed by atoms with Crippen LogP contribution in [0.2, 0.25) is 0 Å². The first kappa shape index (κ1) is 19.9. The summed E-state index contributed by atoms with van der Waals surface area (Å²) in [6.07, 6.45) is -0.547. The molecule has 1 aromatic rings. The number of allylic oxidation sites excluding steroid dienone is 2. The smallest absolute Gasteiger partial charge is 0.328 e. The van der Waals surface area contributed by atoms with Crippen LogP contribution in [0.4, 0.5) is 10.5 Å². The Morgan fingerprint density at radius 3 is 2.48 bits per heavy atom. The van der Waals surface area contributed by atoms with Crippen LogP contribution in [0, 0.1) is 0 Å². The monoisotopic (exact) mass is 461 g/mol. The SMILES string of the molecule is CCOCCN1C(=O)C2C(N=C3N(c4ccc(Br)cc4)C(C)=C(C)N32)N(C)C1=O.